The molecule has 1 unspecified atom stereocenters. The topological polar surface area (TPSA) is 30.5 Å². The summed E-state index contributed by atoms with van der Waals surface area (Å²) in [6, 6.07) is 0.135. The Morgan fingerprint density at radius 2 is 1.89 bits per heavy atom. The molecule has 2 rings (SSSR count). The molecule has 7 heteroatoms. The monoisotopic (exact) mass is 265 g/mol. The lowest BCUT2D eigenvalue weighted by atomic mass is 10.3. The van der Waals surface area contributed by atoms with Crippen molar-refractivity contribution in [2.75, 3.05) is 26.3 Å². The van der Waals surface area contributed by atoms with Gasteiger partial charge in [0, 0.05) is 19.2 Å². The molecule has 0 spiro atoms. The molecule has 0 aliphatic carbocycles. The van der Waals surface area contributed by atoms with E-state index in [1.54, 1.807) is 0 Å². The Balaban J connectivity index is 2.08. The summed E-state index contributed by atoms with van der Waals surface area (Å²) in [6.45, 7) is 1.37. The number of nitrogens with one attached hydrogen (secondary N) is 1. The summed E-state index contributed by atoms with van der Waals surface area (Å²) < 4.78 is 62.2. The third kappa shape index (κ3) is 2.73. The first-order chi connectivity index (χ1) is 8.59. The van der Waals surface area contributed by atoms with Crippen LogP contribution in [0.4, 0.5) is 17.6 Å². The Morgan fingerprint density at radius 3 is 2.44 bits per heavy atom. The van der Waals surface area contributed by atoms with Crippen molar-refractivity contribution in [2.45, 2.75) is 6.10 Å². The number of halogens is 4. The van der Waals surface area contributed by atoms with Gasteiger partial charge in [0.05, 0.1) is 6.61 Å². The molecule has 0 radical (unpaired) electrons. The molecule has 1 aromatic carbocycles. The van der Waals surface area contributed by atoms with Gasteiger partial charge in [-0.1, -0.05) is 0 Å². The van der Waals surface area contributed by atoms with Crippen LogP contribution < -0.4 is 10.1 Å². The molecule has 1 aliphatic heterocycles. The van der Waals surface area contributed by atoms with Gasteiger partial charge in [-0.2, -0.15) is 8.78 Å². The largest absolute Gasteiger partial charge is 0.485 e. The van der Waals surface area contributed by atoms with Crippen molar-refractivity contribution >= 4 is 0 Å². The third-order valence-electron chi connectivity index (χ3n) is 2.49. The molecule has 3 nitrogen and oxygen atoms in total. The zero-order valence-corrected chi connectivity index (χ0v) is 9.31. The average Bonchev–Trinajstić information content (AvgIpc) is 2.38. The van der Waals surface area contributed by atoms with E-state index in [1.807, 2.05) is 0 Å². The van der Waals surface area contributed by atoms with Crippen LogP contribution in [0, 0.1) is 23.3 Å². The first-order valence-electron chi connectivity index (χ1n) is 5.37. The summed E-state index contributed by atoms with van der Waals surface area (Å²) in [5.74, 6) is -7.13. The number of hydrogen-bond acceptors (Lipinski definition) is 3. The first kappa shape index (κ1) is 13.1. The van der Waals surface area contributed by atoms with Crippen molar-refractivity contribution in [2.24, 2.45) is 0 Å². The van der Waals surface area contributed by atoms with E-state index in [4.69, 9.17) is 9.47 Å². The van der Waals surface area contributed by atoms with Crippen molar-refractivity contribution in [3.8, 4) is 5.75 Å². The van der Waals surface area contributed by atoms with Crippen molar-refractivity contribution < 1.29 is 27.0 Å². The molecule has 0 bridgehead atoms. The number of benzene rings is 1. The lowest BCUT2D eigenvalue weighted by Gasteiger charge is -2.23. The fourth-order valence-corrected chi connectivity index (χ4v) is 1.58. The summed E-state index contributed by atoms with van der Waals surface area (Å²) in [6.07, 6.45) is -0.413. The lowest BCUT2D eigenvalue weighted by molar-refractivity contribution is -0.00165. The molecular formula is C11H11F4NO2. The second-order valence-electron chi connectivity index (χ2n) is 3.81. The van der Waals surface area contributed by atoms with Gasteiger partial charge in [0.25, 0.3) is 0 Å². The molecule has 1 heterocycles. The number of rotatable bonds is 3. The van der Waals surface area contributed by atoms with E-state index in [-0.39, 0.29) is 12.7 Å². The highest BCUT2D eigenvalue weighted by Crippen LogP contribution is 2.26. The van der Waals surface area contributed by atoms with Crippen LogP contribution in [-0.4, -0.2) is 32.4 Å². The van der Waals surface area contributed by atoms with E-state index in [1.165, 1.54) is 0 Å². The molecular weight excluding hydrogens is 254 g/mol. The van der Waals surface area contributed by atoms with E-state index in [9.17, 15) is 17.6 Å². The smallest absolute Gasteiger partial charge is 0.203 e. The van der Waals surface area contributed by atoms with Crippen molar-refractivity contribution in [1.29, 1.82) is 0 Å². The molecule has 1 aliphatic rings. The molecule has 1 aromatic rings. The summed E-state index contributed by atoms with van der Waals surface area (Å²) in [5, 5.41) is 2.98. The van der Waals surface area contributed by atoms with Gasteiger partial charge in [0.1, 0.15) is 12.7 Å². The normalized spacial score (nSPS) is 19.9. The van der Waals surface area contributed by atoms with Crippen LogP contribution in [0.25, 0.3) is 0 Å². The van der Waals surface area contributed by atoms with Crippen LogP contribution >= 0.6 is 0 Å². The van der Waals surface area contributed by atoms with Gasteiger partial charge in [-0.25, -0.2) is 8.78 Å². The van der Waals surface area contributed by atoms with Crippen LogP contribution in [-0.2, 0) is 4.74 Å². The van der Waals surface area contributed by atoms with Gasteiger partial charge in [0.2, 0.25) is 11.6 Å². The van der Waals surface area contributed by atoms with Gasteiger partial charge in [-0.15, -0.1) is 0 Å². The Labute approximate surface area is 101 Å². The van der Waals surface area contributed by atoms with Gasteiger partial charge in [0.15, 0.2) is 17.4 Å². The Bertz CT molecular complexity index is 409. The van der Waals surface area contributed by atoms with Crippen LogP contribution in [0.3, 0.4) is 0 Å². The van der Waals surface area contributed by atoms with Gasteiger partial charge >= 0.3 is 0 Å². The average molecular weight is 265 g/mol. The predicted molar refractivity (Wildman–Crippen MR) is 54.4 cm³/mol. The fraction of sp³-hybridized carbons (Fsp3) is 0.455. The lowest BCUT2D eigenvalue weighted by Crippen LogP contribution is -2.41. The maximum atomic E-state index is 13.2. The number of morpholine rings is 1. The summed E-state index contributed by atoms with van der Waals surface area (Å²) in [4.78, 5) is 0. The summed E-state index contributed by atoms with van der Waals surface area (Å²) >= 11 is 0. The van der Waals surface area contributed by atoms with Gasteiger partial charge < -0.3 is 14.8 Å². The van der Waals surface area contributed by atoms with Crippen molar-refractivity contribution in [1.82, 2.24) is 5.32 Å². The maximum Gasteiger partial charge on any atom is 0.203 e. The Morgan fingerprint density at radius 1 is 1.22 bits per heavy atom. The minimum Gasteiger partial charge on any atom is -0.485 e. The molecule has 0 saturated carbocycles. The third-order valence-corrected chi connectivity index (χ3v) is 2.49. The predicted octanol–water partition coefficient (Wildman–Crippen LogP) is 1.61. The summed E-state index contributed by atoms with van der Waals surface area (Å²) in [5.41, 5.74) is 0. The number of ether oxygens (including phenoxy) is 2. The second kappa shape index (κ2) is 5.53. The Hall–Kier alpha value is -1.34. The van der Waals surface area contributed by atoms with E-state index < -0.39 is 35.1 Å². The van der Waals surface area contributed by atoms with Crippen LogP contribution in [0.15, 0.2) is 6.07 Å². The molecule has 1 atom stereocenters. The van der Waals surface area contributed by atoms with Crippen LogP contribution in [0.2, 0.25) is 0 Å². The second-order valence-corrected chi connectivity index (χ2v) is 3.81. The molecule has 1 fully saturated rings. The van der Waals surface area contributed by atoms with Crippen molar-refractivity contribution in [3.05, 3.63) is 29.3 Å². The van der Waals surface area contributed by atoms with Gasteiger partial charge in [-0.05, 0) is 0 Å². The molecule has 0 amide bonds. The Kier molecular flexibility index (Phi) is 4.03. The SMILES string of the molecule is Fc1cc(F)c(F)c(OCC2CNCCO2)c1F. The first-order valence-corrected chi connectivity index (χ1v) is 5.37. The van der Waals surface area contributed by atoms with Crippen molar-refractivity contribution in [3.63, 3.8) is 0 Å². The van der Waals surface area contributed by atoms with Crippen LogP contribution in [0.1, 0.15) is 0 Å². The highest BCUT2D eigenvalue weighted by Gasteiger charge is 2.22. The molecule has 0 aromatic heterocycles. The minimum absolute atomic E-state index is 0.135. The zero-order chi connectivity index (χ0) is 13.1. The number of hydrogen-bond donors (Lipinski definition) is 1. The van der Waals surface area contributed by atoms with E-state index >= 15 is 0 Å². The molecule has 1 N–H and O–H groups in total. The molecule has 100 valence electrons. The highest BCUT2D eigenvalue weighted by molar-refractivity contribution is 5.28. The highest BCUT2D eigenvalue weighted by atomic mass is 19.2. The van der Waals surface area contributed by atoms with E-state index in [2.05, 4.69) is 5.32 Å². The van der Waals surface area contributed by atoms with Crippen LogP contribution in [0.5, 0.6) is 5.75 Å². The minimum atomic E-state index is -1.54. The van der Waals surface area contributed by atoms with Gasteiger partial charge in [-0.3, -0.25) is 0 Å². The fourth-order valence-electron chi connectivity index (χ4n) is 1.58. The van der Waals surface area contributed by atoms with E-state index in [0.29, 0.717) is 19.7 Å². The molecule has 18 heavy (non-hydrogen) atoms. The van der Waals surface area contributed by atoms with E-state index in [0.717, 1.165) is 0 Å². The standard InChI is InChI=1S/C11H11F4NO2/c12-7-3-8(13)10(15)11(9(7)14)18-5-6-4-16-1-2-17-6/h3,6,16H,1-2,4-5H2. The summed E-state index contributed by atoms with van der Waals surface area (Å²) in [7, 11) is 0. The molecule has 1 saturated heterocycles. The zero-order valence-electron chi connectivity index (χ0n) is 9.31. The maximum absolute atomic E-state index is 13.2. The quantitative estimate of drug-likeness (QED) is 0.665.